The number of amides is 2. The van der Waals surface area contributed by atoms with Gasteiger partial charge in [0.15, 0.2) is 0 Å². The topological polar surface area (TPSA) is 61.8 Å². The Kier molecular flexibility index (Phi) is 3.94. The van der Waals surface area contributed by atoms with Gasteiger partial charge >= 0.3 is 0 Å². The van der Waals surface area contributed by atoms with Crippen LogP contribution < -0.4 is 10.3 Å². The first-order valence-corrected chi connectivity index (χ1v) is 9.61. The minimum absolute atomic E-state index is 0.0882. The molecule has 1 heterocycles. The van der Waals surface area contributed by atoms with E-state index in [1.165, 1.54) is 6.42 Å². The van der Waals surface area contributed by atoms with Gasteiger partial charge in [0.1, 0.15) is 0 Å². The van der Waals surface area contributed by atoms with E-state index in [2.05, 4.69) is 31.3 Å². The molecule has 1 N–H and O–H groups in total. The molecule has 2 aliphatic carbocycles. The van der Waals surface area contributed by atoms with Gasteiger partial charge in [-0.15, -0.1) is 0 Å². The summed E-state index contributed by atoms with van der Waals surface area (Å²) in [5, 5.41) is 4.51. The number of anilines is 1. The number of benzene rings is 1. The molecule has 4 rings (SSSR count). The van der Waals surface area contributed by atoms with Crippen LogP contribution in [0.2, 0.25) is 0 Å². The maximum Gasteiger partial charge on any atom is 0.271 e. The Morgan fingerprint density at radius 2 is 1.96 bits per heavy atom. The number of hydrogen-bond donors (Lipinski definition) is 1. The van der Waals surface area contributed by atoms with Crippen LogP contribution in [-0.4, -0.2) is 24.1 Å². The largest absolute Gasteiger partial charge is 0.312 e. The molecule has 1 aliphatic heterocycles. The zero-order valence-corrected chi connectivity index (χ0v) is 15.8. The normalized spacial score (nSPS) is 31.0. The minimum atomic E-state index is -0.194. The summed E-state index contributed by atoms with van der Waals surface area (Å²) in [4.78, 5) is 26.1. The van der Waals surface area contributed by atoms with Crippen molar-refractivity contribution in [2.75, 3.05) is 11.4 Å². The van der Waals surface area contributed by atoms with Gasteiger partial charge in [-0.1, -0.05) is 20.8 Å². The highest BCUT2D eigenvalue weighted by Crippen LogP contribution is 2.63. The third kappa shape index (κ3) is 2.48. The summed E-state index contributed by atoms with van der Waals surface area (Å²) in [6.07, 6.45) is 4.90. The fraction of sp³-hybridized carbons (Fsp3) is 0.571. The van der Waals surface area contributed by atoms with E-state index in [1.807, 2.05) is 12.1 Å². The van der Waals surface area contributed by atoms with Crippen LogP contribution in [0.4, 0.5) is 5.69 Å². The number of carbonyl (C=O) groups is 2. The van der Waals surface area contributed by atoms with Gasteiger partial charge in [-0.2, -0.15) is 5.10 Å². The number of nitrogens with one attached hydrogen (secondary N) is 1. The molecule has 2 amide bonds. The van der Waals surface area contributed by atoms with Crippen LogP contribution in [0.5, 0.6) is 0 Å². The predicted molar refractivity (Wildman–Crippen MR) is 102 cm³/mol. The molecule has 2 atom stereocenters. The molecule has 138 valence electrons. The zero-order chi connectivity index (χ0) is 18.5. The van der Waals surface area contributed by atoms with Gasteiger partial charge in [-0.25, -0.2) is 5.43 Å². The lowest BCUT2D eigenvalue weighted by Crippen LogP contribution is -2.34. The second kappa shape index (κ2) is 5.93. The van der Waals surface area contributed by atoms with Crippen molar-refractivity contribution in [2.24, 2.45) is 21.8 Å². The lowest BCUT2D eigenvalue weighted by atomic mass is 9.70. The number of nitrogens with zero attached hydrogens (tertiary/aromatic N) is 2. The highest BCUT2D eigenvalue weighted by molar-refractivity contribution is 5.99. The average molecular weight is 353 g/mol. The van der Waals surface area contributed by atoms with Gasteiger partial charge in [0.05, 0.1) is 0 Å². The highest BCUT2D eigenvalue weighted by Gasteiger charge is 2.60. The third-order valence-electron chi connectivity index (χ3n) is 7.32. The molecule has 0 unspecified atom stereocenters. The number of fused-ring (bicyclic) bond motifs is 2. The van der Waals surface area contributed by atoms with E-state index in [4.69, 9.17) is 0 Å². The quantitative estimate of drug-likeness (QED) is 0.841. The standard InChI is InChI=1S/C21H27N3O2/c1-20(2)15-10-11-21(20,3)17(13-15)22-23-19(26)14-6-8-16(9-7-14)24-12-4-5-18(24)25/h6-9,15H,4-5,10-13H2,1-3H3,(H,23,26)/b22-17+/t15-,21-/m1/s1. The molecule has 1 aromatic rings. The first kappa shape index (κ1) is 17.3. The Bertz CT molecular complexity index is 781. The van der Waals surface area contributed by atoms with Crippen molar-refractivity contribution >= 4 is 23.2 Å². The van der Waals surface area contributed by atoms with Crippen molar-refractivity contribution in [1.29, 1.82) is 0 Å². The summed E-state index contributed by atoms with van der Waals surface area (Å²) in [5.74, 6) is 0.627. The first-order chi connectivity index (χ1) is 12.3. The van der Waals surface area contributed by atoms with Crippen molar-refractivity contribution in [2.45, 2.75) is 52.9 Å². The average Bonchev–Trinajstić information content (AvgIpc) is 3.20. The van der Waals surface area contributed by atoms with E-state index in [0.29, 0.717) is 17.9 Å². The summed E-state index contributed by atoms with van der Waals surface area (Å²) in [5.41, 5.74) is 5.65. The number of rotatable bonds is 3. The maximum atomic E-state index is 12.5. The lowest BCUT2D eigenvalue weighted by Gasteiger charge is -2.34. The molecule has 0 spiro atoms. The molecular weight excluding hydrogens is 326 g/mol. The predicted octanol–water partition coefficient (Wildman–Crippen LogP) is 3.75. The van der Waals surface area contributed by atoms with E-state index in [0.717, 1.165) is 37.2 Å². The molecule has 2 bridgehead atoms. The monoisotopic (exact) mass is 353 g/mol. The molecule has 2 saturated carbocycles. The van der Waals surface area contributed by atoms with E-state index in [1.54, 1.807) is 17.0 Å². The molecule has 26 heavy (non-hydrogen) atoms. The summed E-state index contributed by atoms with van der Waals surface area (Å²) >= 11 is 0. The van der Waals surface area contributed by atoms with Crippen molar-refractivity contribution in [1.82, 2.24) is 5.43 Å². The molecule has 3 aliphatic rings. The van der Waals surface area contributed by atoms with Crippen LogP contribution >= 0.6 is 0 Å². The molecule has 0 aromatic heterocycles. The Morgan fingerprint density at radius 3 is 2.50 bits per heavy atom. The highest BCUT2D eigenvalue weighted by atomic mass is 16.2. The SMILES string of the molecule is CC1(C)[C@@H]2CC[C@]1(C)/C(=N/NC(=O)c1ccc(N3CCCC3=O)cc1)C2. The third-order valence-corrected chi connectivity index (χ3v) is 7.32. The second-order valence-corrected chi connectivity index (χ2v) is 8.69. The van der Waals surface area contributed by atoms with Crippen LogP contribution in [0.3, 0.4) is 0 Å². The second-order valence-electron chi connectivity index (χ2n) is 8.69. The van der Waals surface area contributed by atoms with Crippen molar-refractivity contribution in [3.8, 4) is 0 Å². The molecule has 5 heteroatoms. The molecule has 5 nitrogen and oxygen atoms in total. The number of hydrazone groups is 1. The van der Waals surface area contributed by atoms with E-state index >= 15 is 0 Å². The minimum Gasteiger partial charge on any atom is -0.312 e. The molecule has 3 fully saturated rings. The van der Waals surface area contributed by atoms with Crippen LogP contribution in [0.1, 0.15) is 63.2 Å². The summed E-state index contributed by atoms with van der Waals surface area (Å²) in [6.45, 7) is 7.70. The Labute approximate surface area is 154 Å². The van der Waals surface area contributed by atoms with Gasteiger partial charge < -0.3 is 4.90 Å². The Balaban J connectivity index is 1.45. The van der Waals surface area contributed by atoms with Gasteiger partial charge in [0.25, 0.3) is 5.91 Å². The van der Waals surface area contributed by atoms with Gasteiger partial charge in [0.2, 0.25) is 5.91 Å². The van der Waals surface area contributed by atoms with Crippen molar-refractivity contribution in [3.63, 3.8) is 0 Å². The summed E-state index contributed by atoms with van der Waals surface area (Å²) in [7, 11) is 0. The van der Waals surface area contributed by atoms with Crippen molar-refractivity contribution in [3.05, 3.63) is 29.8 Å². The number of hydrogen-bond acceptors (Lipinski definition) is 3. The zero-order valence-electron chi connectivity index (χ0n) is 15.8. The molecule has 1 aromatic carbocycles. The fourth-order valence-electron chi connectivity index (χ4n) is 4.99. The van der Waals surface area contributed by atoms with Crippen LogP contribution in [0, 0.1) is 16.7 Å². The van der Waals surface area contributed by atoms with E-state index in [9.17, 15) is 9.59 Å². The molecule has 0 radical (unpaired) electrons. The van der Waals surface area contributed by atoms with Crippen molar-refractivity contribution < 1.29 is 9.59 Å². The lowest BCUT2D eigenvalue weighted by molar-refractivity contribution is -0.117. The van der Waals surface area contributed by atoms with Crippen LogP contribution in [0.15, 0.2) is 29.4 Å². The maximum absolute atomic E-state index is 12.5. The molecular formula is C21H27N3O2. The van der Waals surface area contributed by atoms with E-state index < -0.39 is 0 Å². The summed E-state index contributed by atoms with van der Waals surface area (Å²) in [6, 6.07) is 7.21. The van der Waals surface area contributed by atoms with Gasteiger partial charge in [-0.3, -0.25) is 9.59 Å². The Morgan fingerprint density at radius 1 is 1.23 bits per heavy atom. The summed E-state index contributed by atoms with van der Waals surface area (Å²) < 4.78 is 0. The van der Waals surface area contributed by atoms with Crippen LogP contribution in [0.25, 0.3) is 0 Å². The Hall–Kier alpha value is -2.17. The number of carbonyl (C=O) groups excluding carboxylic acids is 2. The smallest absolute Gasteiger partial charge is 0.271 e. The van der Waals surface area contributed by atoms with Gasteiger partial charge in [-0.05, 0) is 61.3 Å². The van der Waals surface area contributed by atoms with Crippen LogP contribution in [-0.2, 0) is 4.79 Å². The van der Waals surface area contributed by atoms with Gasteiger partial charge in [0, 0.05) is 35.3 Å². The molecule has 1 saturated heterocycles. The van der Waals surface area contributed by atoms with E-state index in [-0.39, 0.29) is 22.6 Å². The fourth-order valence-corrected chi connectivity index (χ4v) is 4.99. The first-order valence-electron chi connectivity index (χ1n) is 9.61.